The molecule has 0 fully saturated rings. The molecule has 1 rings (SSSR count). The third-order valence-corrected chi connectivity index (χ3v) is 3.06. The summed E-state index contributed by atoms with van der Waals surface area (Å²) >= 11 is 0. The van der Waals surface area contributed by atoms with Crippen LogP contribution in [-0.2, 0) is 21.7 Å². The Balaban J connectivity index is 3.01. The second kappa shape index (κ2) is 3.21. The number of hydrogen-bond acceptors (Lipinski definition) is 3. The Morgan fingerprint density at radius 3 is 2.62 bits per heavy atom. The van der Waals surface area contributed by atoms with E-state index < -0.39 is 21.6 Å². The number of carboxylic acids is 1. The smallest absolute Gasteiger partial charge is 0.319 e. The maximum atomic E-state index is 11.3. The predicted octanol–water partition coefficient (Wildman–Crippen LogP) is -0.117. The minimum absolute atomic E-state index is 0.0393. The number of sulfone groups is 1. The van der Waals surface area contributed by atoms with Crippen LogP contribution in [0.2, 0.25) is 0 Å². The minimum atomic E-state index is -3.66. The third kappa shape index (κ3) is 2.32. The van der Waals surface area contributed by atoms with E-state index in [1.165, 1.54) is 12.3 Å². The van der Waals surface area contributed by atoms with Gasteiger partial charge in [0.05, 0.1) is 4.90 Å². The summed E-state index contributed by atoms with van der Waals surface area (Å²) in [5, 5.41) is 8.33. The summed E-state index contributed by atoms with van der Waals surface area (Å²) in [6.45, 7) is 0. The molecule has 0 atom stereocenters. The molecule has 0 aliphatic carbocycles. The van der Waals surface area contributed by atoms with E-state index in [1.54, 1.807) is 17.8 Å². The van der Waals surface area contributed by atoms with Crippen LogP contribution in [0, 0.1) is 0 Å². The van der Waals surface area contributed by atoms with Gasteiger partial charge in [-0.25, -0.2) is 8.42 Å². The number of hydrogen-bond donors (Lipinski definition) is 1. The van der Waals surface area contributed by atoms with Gasteiger partial charge in [-0.2, -0.15) is 0 Å². The fraction of sp³-hybridized carbons (Fsp3) is 0.286. The molecule has 0 aliphatic rings. The third-order valence-electron chi connectivity index (χ3n) is 1.48. The number of aryl methyl sites for hydroxylation is 1. The quantitative estimate of drug-likeness (QED) is 0.743. The van der Waals surface area contributed by atoms with Gasteiger partial charge in [0.2, 0.25) is 0 Å². The molecule has 1 N–H and O–H groups in total. The van der Waals surface area contributed by atoms with Gasteiger partial charge in [0.1, 0.15) is 0 Å². The number of aliphatic carboxylic acids is 1. The zero-order valence-electron chi connectivity index (χ0n) is 6.97. The largest absolute Gasteiger partial charge is 0.480 e. The van der Waals surface area contributed by atoms with E-state index in [9.17, 15) is 13.2 Å². The van der Waals surface area contributed by atoms with E-state index in [0.29, 0.717) is 0 Å². The molecule has 5 nitrogen and oxygen atoms in total. The van der Waals surface area contributed by atoms with E-state index >= 15 is 0 Å². The zero-order chi connectivity index (χ0) is 10.1. The average Bonchev–Trinajstić information content (AvgIpc) is 2.32. The molecule has 0 bridgehead atoms. The Labute approximate surface area is 75.5 Å². The molecule has 13 heavy (non-hydrogen) atoms. The normalized spacial score (nSPS) is 11.5. The first-order chi connectivity index (χ1) is 5.92. The minimum Gasteiger partial charge on any atom is -0.480 e. The highest BCUT2D eigenvalue weighted by atomic mass is 32.2. The highest BCUT2D eigenvalue weighted by Gasteiger charge is 2.19. The Hall–Kier alpha value is -1.30. The van der Waals surface area contributed by atoms with Crippen LogP contribution >= 0.6 is 0 Å². The van der Waals surface area contributed by atoms with Crippen LogP contribution in [0.1, 0.15) is 0 Å². The van der Waals surface area contributed by atoms with Crippen molar-refractivity contribution in [1.82, 2.24) is 4.57 Å². The Kier molecular flexibility index (Phi) is 2.42. The first-order valence-electron chi connectivity index (χ1n) is 3.48. The van der Waals surface area contributed by atoms with Crippen molar-refractivity contribution >= 4 is 15.8 Å². The highest BCUT2D eigenvalue weighted by molar-refractivity contribution is 7.92. The summed E-state index contributed by atoms with van der Waals surface area (Å²) in [7, 11) is -1.99. The Morgan fingerprint density at radius 1 is 1.62 bits per heavy atom. The van der Waals surface area contributed by atoms with E-state index in [0.717, 1.165) is 0 Å². The molecule has 0 spiro atoms. The van der Waals surface area contributed by atoms with Crippen LogP contribution in [0.15, 0.2) is 23.4 Å². The molecule has 0 unspecified atom stereocenters. The summed E-state index contributed by atoms with van der Waals surface area (Å²) in [5.74, 6) is -2.21. The van der Waals surface area contributed by atoms with Crippen molar-refractivity contribution in [3.8, 4) is 0 Å². The van der Waals surface area contributed by atoms with E-state index in [2.05, 4.69) is 0 Å². The van der Waals surface area contributed by atoms with Crippen molar-refractivity contribution < 1.29 is 18.3 Å². The first kappa shape index (κ1) is 9.79. The molecule has 0 saturated heterocycles. The van der Waals surface area contributed by atoms with Gasteiger partial charge in [-0.05, 0) is 6.07 Å². The van der Waals surface area contributed by atoms with Crippen molar-refractivity contribution in [3.63, 3.8) is 0 Å². The lowest BCUT2D eigenvalue weighted by Gasteiger charge is -1.96. The summed E-state index contributed by atoms with van der Waals surface area (Å²) in [4.78, 5) is 10.2. The van der Waals surface area contributed by atoms with E-state index in [4.69, 9.17) is 5.11 Å². The second-order valence-corrected chi connectivity index (χ2v) is 4.66. The SMILES string of the molecule is Cn1ccc(S(=O)(=O)CC(=O)O)c1. The van der Waals surface area contributed by atoms with Gasteiger partial charge in [0.15, 0.2) is 15.6 Å². The maximum Gasteiger partial charge on any atom is 0.319 e. The molecular weight excluding hydrogens is 194 g/mol. The van der Waals surface area contributed by atoms with Gasteiger partial charge in [0.25, 0.3) is 0 Å². The fourth-order valence-electron chi connectivity index (χ4n) is 0.908. The summed E-state index contributed by atoms with van der Waals surface area (Å²) in [6, 6.07) is 1.37. The summed E-state index contributed by atoms with van der Waals surface area (Å²) in [5.41, 5.74) is 0. The van der Waals surface area contributed by atoms with Crippen molar-refractivity contribution in [1.29, 1.82) is 0 Å². The van der Waals surface area contributed by atoms with Crippen LogP contribution in [0.5, 0.6) is 0 Å². The molecule has 6 heteroatoms. The van der Waals surface area contributed by atoms with Gasteiger partial charge in [-0.1, -0.05) is 0 Å². The van der Waals surface area contributed by atoms with Crippen molar-refractivity contribution in [3.05, 3.63) is 18.5 Å². The van der Waals surface area contributed by atoms with Gasteiger partial charge in [-0.15, -0.1) is 0 Å². The first-order valence-corrected chi connectivity index (χ1v) is 5.13. The lowest BCUT2D eigenvalue weighted by Crippen LogP contribution is -2.14. The van der Waals surface area contributed by atoms with Crippen molar-refractivity contribution in [2.24, 2.45) is 7.05 Å². The fourth-order valence-corrected chi connectivity index (χ4v) is 1.99. The van der Waals surface area contributed by atoms with Crippen LogP contribution in [0.25, 0.3) is 0 Å². The molecule has 1 heterocycles. The number of rotatable bonds is 3. The number of aromatic nitrogens is 1. The number of nitrogens with zero attached hydrogens (tertiary/aromatic N) is 1. The summed E-state index contributed by atoms with van der Waals surface area (Å²) in [6.07, 6.45) is 2.92. The molecule has 1 aromatic heterocycles. The lowest BCUT2D eigenvalue weighted by molar-refractivity contribution is -0.134. The molecule has 0 radical (unpaired) electrons. The average molecular weight is 203 g/mol. The van der Waals surface area contributed by atoms with Crippen LogP contribution < -0.4 is 0 Å². The second-order valence-electron chi connectivity index (χ2n) is 2.67. The summed E-state index contributed by atoms with van der Waals surface area (Å²) < 4.78 is 24.1. The molecule has 1 aromatic rings. The van der Waals surface area contributed by atoms with Gasteiger partial charge < -0.3 is 9.67 Å². The predicted molar refractivity (Wildman–Crippen MR) is 45.1 cm³/mol. The zero-order valence-corrected chi connectivity index (χ0v) is 7.78. The van der Waals surface area contributed by atoms with Crippen molar-refractivity contribution in [2.45, 2.75) is 4.90 Å². The van der Waals surface area contributed by atoms with Crippen molar-refractivity contribution in [2.75, 3.05) is 5.75 Å². The molecule has 0 amide bonds. The number of carbonyl (C=O) groups is 1. The monoisotopic (exact) mass is 203 g/mol. The van der Waals surface area contributed by atoms with E-state index in [1.807, 2.05) is 0 Å². The molecule has 0 saturated carbocycles. The highest BCUT2D eigenvalue weighted by Crippen LogP contribution is 2.10. The lowest BCUT2D eigenvalue weighted by atomic mass is 10.7. The topological polar surface area (TPSA) is 76.4 Å². The Morgan fingerprint density at radius 2 is 2.23 bits per heavy atom. The van der Waals surface area contributed by atoms with Crippen LogP contribution in [0.3, 0.4) is 0 Å². The van der Waals surface area contributed by atoms with Gasteiger partial charge in [0, 0.05) is 19.4 Å². The van der Waals surface area contributed by atoms with Crippen LogP contribution in [0.4, 0.5) is 0 Å². The molecule has 0 aromatic carbocycles. The van der Waals surface area contributed by atoms with Crippen LogP contribution in [-0.4, -0.2) is 29.8 Å². The Bertz CT molecular complexity index is 417. The molecule has 72 valence electrons. The molecule has 0 aliphatic heterocycles. The maximum absolute atomic E-state index is 11.3. The van der Waals surface area contributed by atoms with Gasteiger partial charge >= 0.3 is 5.97 Å². The van der Waals surface area contributed by atoms with Gasteiger partial charge in [-0.3, -0.25) is 4.79 Å². The van der Waals surface area contributed by atoms with E-state index in [-0.39, 0.29) is 4.90 Å². The standard InChI is InChI=1S/C7H9NO4S/c1-8-3-2-6(4-8)13(11,12)5-7(9)10/h2-4H,5H2,1H3,(H,9,10). The molecular formula is C7H9NO4S. The number of carboxylic acid groups (broad SMARTS) is 1.